The van der Waals surface area contributed by atoms with Crippen LogP contribution in [0.5, 0.6) is 5.75 Å². The van der Waals surface area contributed by atoms with Crippen molar-refractivity contribution in [1.29, 1.82) is 0 Å². The van der Waals surface area contributed by atoms with E-state index in [0.29, 0.717) is 17.7 Å². The molecule has 1 aliphatic heterocycles. The fourth-order valence-electron chi connectivity index (χ4n) is 2.35. The predicted molar refractivity (Wildman–Crippen MR) is 75.4 cm³/mol. The number of hydrogen-bond donors (Lipinski definition) is 1. The fourth-order valence-corrected chi connectivity index (χ4v) is 2.61. The Morgan fingerprint density at radius 1 is 1.50 bits per heavy atom. The van der Waals surface area contributed by atoms with Crippen molar-refractivity contribution in [3.8, 4) is 5.75 Å². The van der Waals surface area contributed by atoms with Gasteiger partial charge in [-0.25, -0.2) is 0 Å². The first-order chi connectivity index (χ1) is 8.70. The SMILES string of the molecule is CCOc1ccc(CN(C)C2CCNC2)cc1Cl. The molecule has 1 N–H and O–H groups in total. The van der Waals surface area contributed by atoms with Crippen LogP contribution in [0.3, 0.4) is 0 Å². The maximum atomic E-state index is 6.20. The molecule has 18 heavy (non-hydrogen) atoms. The topological polar surface area (TPSA) is 24.5 Å². The van der Waals surface area contributed by atoms with Crippen molar-refractivity contribution in [2.24, 2.45) is 0 Å². The smallest absolute Gasteiger partial charge is 0.137 e. The molecule has 1 fully saturated rings. The summed E-state index contributed by atoms with van der Waals surface area (Å²) in [6, 6.07) is 6.69. The van der Waals surface area contributed by atoms with Crippen LogP contribution in [-0.4, -0.2) is 37.7 Å². The Hall–Kier alpha value is -0.770. The molecule has 1 heterocycles. The third-order valence-corrected chi connectivity index (χ3v) is 3.68. The second-order valence-corrected chi connectivity index (χ2v) is 5.17. The Morgan fingerprint density at radius 3 is 2.94 bits per heavy atom. The van der Waals surface area contributed by atoms with E-state index >= 15 is 0 Å². The molecule has 0 saturated carbocycles. The summed E-state index contributed by atoms with van der Waals surface area (Å²) in [6.45, 7) is 5.75. The van der Waals surface area contributed by atoms with Gasteiger partial charge in [-0.1, -0.05) is 17.7 Å². The van der Waals surface area contributed by atoms with Crippen molar-refractivity contribution < 1.29 is 4.74 Å². The molecule has 1 saturated heterocycles. The number of likely N-dealkylation sites (N-methyl/N-ethyl adjacent to an activating group) is 1. The molecule has 1 aliphatic rings. The van der Waals surface area contributed by atoms with Gasteiger partial charge in [-0.2, -0.15) is 0 Å². The minimum absolute atomic E-state index is 0.635. The first kappa shape index (κ1) is 13.7. The van der Waals surface area contributed by atoms with Crippen molar-refractivity contribution in [2.45, 2.75) is 25.9 Å². The maximum Gasteiger partial charge on any atom is 0.137 e. The zero-order valence-corrected chi connectivity index (χ0v) is 11.8. The van der Waals surface area contributed by atoms with Crippen LogP contribution in [0, 0.1) is 0 Å². The van der Waals surface area contributed by atoms with Crippen molar-refractivity contribution >= 4 is 11.6 Å². The Balaban J connectivity index is 1.98. The largest absolute Gasteiger partial charge is 0.492 e. The number of benzene rings is 1. The van der Waals surface area contributed by atoms with Gasteiger partial charge in [0.2, 0.25) is 0 Å². The number of nitrogens with one attached hydrogen (secondary N) is 1. The summed E-state index contributed by atoms with van der Waals surface area (Å²) in [5.41, 5.74) is 1.23. The van der Waals surface area contributed by atoms with Gasteiger partial charge < -0.3 is 10.1 Å². The average molecular weight is 269 g/mol. The molecule has 2 rings (SSSR count). The van der Waals surface area contributed by atoms with Crippen molar-refractivity contribution in [3.05, 3.63) is 28.8 Å². The lowest BCUT2D eigenvalue weighted by Crippen LogP contribution is -2.32. The Bertz CT molecular complexity index is 391. The summed E-state index contributed by atoms with van der Waals surface area (Å²) >= 11 is 6.20. The summed E-state index contributed by atoms with van der Waals surface area (Å²) in [5, 5.41) is 4.09. The predicted octanol–water partition coefficient (Wildman–Crippen LogP) is 2.53. The summed E-state index contributed by atoms with van der Waals surface area (Å²) in [7, 11) is 2.17. The van der Waals surface area contributed by atoms with E-state index in [-0.39, 0.29) is 0 Å². The van der Waals surface area contributed by atoms with Gasteiger partial charge in [-0.3, -0.25) is 4.90 Å². The highest BCUT2D eigenvalue weighted by Gasteiger charge is 2.19. The molecular formula is C14H21ClN2O. The van der Waals surface area contributed by atoms with Crippen molar-refractivity contribution in [1.82, 2.24) is 10.2 Å². The van der Waals surface area contributed by atoms with Crippen LogP contribution in [0.15, 0.2) is 18.2 Å². The van der Waals surface area contributed by atoms with Gasteiger partial charge in [0.1, 0.15) is 5.75 Å². The van der Waals surface area contributed by atoms with Gasteiger partial charge in [-0.05, 0) is 44.6 Å². The first-order valence-electron chi connectivity index (χ1n) is 6.53. The molecule has 3 nitrogen and oxygen atoms in total. The van der Waals surface area contributed by atoms with Gasteiger partial charge >= 0.3 is 0 Å². The van der Waals surface area contributed by atoms with Crippen LogP contribution in [0.1, 0.15) is 18.9 Å². The zero-order valence-electron chi connectivity index (χ0n) is 11.1. The van der Waals surface area contributed by atoms with E-state index in [1.165, 1.54) is 12.0 Å². The summed E-state index contributed by atoms with van der Waals surface area (Å²) < 4.78 is 5.44. The van der Waals surface area contributed by atoms with Crippen LogP contribution in [0.25, 0.3) is 0 Å². The molecular weight excluding hydrogens is 248 g/mol. The Morgan fingerprint density at radius 2 is 2.33 bits per heavy atom. The molecule has 100 valence electrons. The minimum Gasteiger partial charge on any atom is -0.492 e. The molecule has 0 aliphatic carbocycles. The summed E-state index contributed by atoms with van der Waals surface area (Å²) in [5.74, 6) is 0.771. The van der Waals surface area contributed by atoms with E-state index in [0.717, 1.165) is 25.4 Å². The van der Waals surface area contributed by atoms with Crippen LogP contribution in [0.2, 0.25) is 5.02 Å². The third kappa shape index (κ3) is 3.37. The highest BCUT2D eigenvalue weighted by molar-refractivity contribution is 6.32. The van der Waals surface area contributed by atoms with E-state index < -0.39 is 0 Å². The molecule has 0 radical (unpaired) electrons. The molecule has 1 aromatic rings. The van der Waals surface area contributed by atoms with Crippen molar-refractivity contribution in [2.75, 3.05) is 26.7 Å². The lowest BCUT2D eigenvalue weighted by Gasteiger charge is -2.23. The molecule has 0 spiro atoms. The highest BCUT2D eigenvalue weighted by atomic mass is 35.5. The lowest BCUT2D eigenvalue weighted by atomic mass is 10.1. The molecule has 0 amide bonds. The van der Waals surface area contributed by atoms with Gasteiger partial charge in [0.15, 0.2) is 0 Å². The van der Waals surface area contributed by atoms with Crippen LogP contribution >= 0.6 is 11.6 Å². The van der Waals surface area contributed by atoms with E-state index in [4.69, 9.17) is 16.3 Å². The number of nitrogens with zero attached hydrogens (tertiary/aromatic N) is 1. The van der Waals surface area contributed by atoms with Crippen LogP contribution < -0.4 is 10.1 Å². The second-order valence-electron chi connectivity index (χ2n) is 4.76. The zero-order chi connectivity index (χ0) is 13.0. The second kappa shape index (κ2) is 6.41. The standard InChI is InChI=1S/C14H21ClN2O/c1-3-18-14-5-4-11(8-13(14)15)10-17(2)12-6-7-16-9-12/h4-5,8,12,16H,3,6-7,9-10H2,1-2H3. The monoisotopic (exact) mass is 268 g/mol. The molecule has 0 aromatic heterocycles. The molecule has 4 heteroatoms. The quantitative estimate of drug-likeness (QED) is 0.888. The molecule has 1 unspecified atom stereocenters. The van der Waals surface area contributed by atoms with Crippen molar-refractivity contribution in [3.63, 3.8) is 0 Å². The molecule has 1 atom stereocenters. The highest BCUT2D eigenvalue weighted by Crippen LogP contribution is 2.26. The number of hydrogen-bond acceptors (Lipinski definition) is 3. The normalized spacial score (nSPS) is 19.4. The third-order valence-electron chi connectivity index (χ3n) is 3.39. The maximum absolute atomic E-state index is 6.20. The summed E-state index contributed by atoms with van der Waals surface area (Å²) in [4.78, 5) is 2.38. The fraction of sp³-hybridized carbons (Fsp3) is 0.571. The Labute approximate surface area is 114 Å². The van der Waals surface area contributed by atoms with E-state index in [1.54, 1.807) is 0 Å². The van der Waals surface area contributed by atoms with Gasteiger partial charge in [0.25, 0.3) is 0 Å². The number of halogens is 1. The van der Waals surface area contributed by atoms with Gasteiger partial charge in [0.05, 0.1) is 11.6 Å². The Kier molecular flexibility index (Phi) is 4.87. The number of rotatable bonds is 5. The average Bonchev–Trinajstić information content (AvgIpc) is 2.86. The summed E-state index contributed by atoms with van der Waals surface area (Å²) in [6.07, 6.45) is 1.22. The minimum atomic E-state index is 0.635. The molecule has 0 bridgehead atoms. The van der Waals surface area contributed by atoms with E-state index in [9.17, 15) is 0 Å². The van der Waals surface area contributed by atoms with Gasteiger partial charge in [-0.15, -0.1) is 0 Å². The molecule has 1 aromatic carbocycles. The lowest BCUT2D eigenvalue weighted by molar-refractivity contribution is 0.249. The van der Waals surface area contributed by atoms with E-state index in [2.05, 4.69) is 23.3 Å². The van der Waals surface area contributed by atoms with Crippen LogP contribution in [0.4, 0.5) is 0 Å². The van der Waals surface area contributed by atoms with E-state index in [1.807, 2.05) is 19.1 Å². The van der Waals surface area contributed by atoms with Gasteiger partial charge in [0, 0.05) is 19.1 Å². The van der Waals surface area contributed by atoms with Crippen LogP contribution in [-0.2, 0) is 6.54 Å². The number of ether oxygens (including phenoxy) is 1. The first-order valence-corrected chi connectivity index (χ1v) is 6.90.